The number of hydrogen-bond donors (Lipinski definition) is 2. The highest BCUT2D eigenvalue weighted by molar-refractivity contribution is 4.68. The SMILES string of the molecule is CC(O)NC1CCCCCCCCCC1. The van der Waals surface area contributed by atoms with E-state index in [0.29, 0.717) is 6.04 Å². The fraction of sp³-hybridized carbons (Fsp3) is 1.00. The van der Waals surface area contributed by atoms with Gasteiger partial charge in [-0.1, -0.05) is 51.4 Å². The van der Waals surface area contributed by atoms with Gasteiger partial charge in [-0.15, -0.1) is 0 Å². The first-order valence-corrected chi connectivity index (χ1v) is 6.73. The van der Waals surface area contributed by atoms with Crippen LogP contribution in [0.5, 0.6) is 0 Å². The lowest BCUT2D eigenvalue weighted by molar-refractivity contribution is 0.134. The summed E-state index contributed by atoms with van der Waals surface area (Å²) in [7, 11) is 0. The lowest BCUT2D eigenvalue weighted by Gasteiger charge is -2.20. The first-order chi connectivity index (χ1) is 7.29. The first-order valence-electron chi connectivity index (χ1n) is 6.73. The Morgan fingerprint density at radius 2 is 1.27 bits per heavy atom. The van der Waals surface area contributed by atoms with E-state index in [1.165, 1.54) is 64.2 Å². The largest absolute Gasteiger partial charge is 0.379 e. The summed E-state index contributed by atoms with van der Waals surface area (Å²) in [5.74, 6) is 0. The number of rotatable bonds is 2. The lowest BCUT2D eigenvalue weighted by atomic mass is 10.0. The standard InChI is InChI=1S/C13H27NO/c1-12(15)14-13-10-8-6-4-2-3-5-7-9-11-13/h12-15H,2-11H2,1H3. The fourth-order valence-electron chi connectivity index (χ4n) is 2.49. The lowest BCUT2D eigenvalue weighted by Crippen LogP contribution is -2.36. The van der Waals surface area contributed by atoms with Gasteiger partial charge in [0.05, 0.1) is 0 Å². The highest BCUT2D eigenvalue weighted by Crippen LogP contribution is 2.17. The van der Waals surface area contributed by atoms with Gasteiger partial charge in [0.15, 0.2) is 0 Å². The van der Waals surface area contributed by atoms with Crippen LogP contribution in [-0.4, -0.2) is 17.4 Å². The van der Waals surface area contributed by atoms with Crippen LogP contribution >= 0.6 is 0 Å². The van der Waals surface area contributed by atoms with Gasteiger partial charge >= 0.3 is 0 Å². The van der Waals surface area contributed by atoms with Crippen molar-refractivity contribution < 1.29 is 5.11 Å². The van der Waals surface area contributed by atoms with Crippen LogP contribution in [0.25, 0.3) is 0 Å². The van der Waals surface area contributed by atoms with Crippen molar-refractivity contribution in [2.45, 2.75) is 83.4 Å². The Hall–Kier alpha value is -0.0800. The summed E-state index contributed by atoms with van der Waals surface area (Å²) < 4.78 is 0. The minimum absolute atomic E-state index is 0.347. The molecule has 0 saturated heterocycles. The van der Waals surface area contributed by atoms with Gasteiger partial charge in [-0.05, 0) is 19.8 Å². The molecule has 1 atom stereocenters. The van der Waals surface area contributed by atoms with Gasteiger partial charge in [0, 0.05) is 6.04 Å². The molecule has 1 fully saturated rings. The molecule has 2 N–H and O–H groups in total. The molecule has 1 aliphatic carbocycles. The Balaban J connectivity index is 2.25. The summed E-state index contributed by atoms with van der Waals surface area (Å²) in [6, 6.07) is 0.545. The van der Waals surface area contributed by atoms with Crippen molar-refractivity contribution >= 4 is 0 Å². The molecule has 0 bridgehead atoms. The summed E-state index contributed by atoms with van der Waals surface area (Å²) in [5.41, 5.74) is 0. The molecule has 90 valence electrons. The van der Waals surface area contributed by atoms with E-state index in [-0.39, 0.29) is 6.23 Å². The summed E-state index contributed by atoms with van der Waals surface area (Å²) >= 11 is 0. The molecule has 2 nitrogen and oxygen atoms in total. The molecule has 0 amide bonds. The van der Waals surface area contributed by atoms with Crippen molar-refractivity contribution in [3.8, 4) is 0 Å². The molecule has 0 aliphatic heterocycles. The fourth-order valence-corrected chi connectivity index (χ4v) is 2.49. The van der Waals surface area contributed by atoms with Gasteiger partial charge in [-0.2, -0.15) is 0 Å². The van der Waals surface area contributed by atoms with E-state index in [1.807, 2.05) is 6.92 Å². The molecule has 0 aromatic carbocycles. The van der Waals surface area contributed by atoms with Gasteiger partial charge in [0.2, 0.25) is 0 Å². The van der Waals surface area contributed by atoms with E-state index < -0.39 is 0 Å². The van der Waals surface area contributed by atoms with Crippen LogP contribution in [0.2, 0.25) is 0 Å². The first kappa shape index (κ1) is 13.0. The molecule has 1 aliphatic rings. The maximum absolute atomic E-state index is 9.34. The zero-order chi connectivity index (χ0) is 10.9. The van der Waals surface area contributed by atoms with E-state index in [4.69, 9.17) is 0 Å². The van der Waals surface area contributed by atoms with Crippen molar-refractivity contribution in [3.05, 3.63) is 0 Å². The third kappa shape index (κ3) is 6.91. The van der Waals surface area contributed by atoms with Crippen LogP contribution in [0.1, 0.15) is 71.1 Å². The molecule has 1 saturated carbocycles. The Kier molecular flexibility index (Phi) is 7.03. The Labute approximate surface area is 94.5 Å². The van der Waals surface area contributed by atoms with Gasteiger partial charge in [-0.25, -0.2) is 0 Å². The maximum Gasteiger partial charge on any atom is 0.102 e. The predicted molar refractivity (Wildman–Crippen MR) is 64.8 cm³/mol. The van der Waals surface area contributed by atoms with Crippen molar-refractivity contribution in [2.24, 2.45) is 0 Å². The summed E-state index contributed by atoms with van der Waals surface area (Å²) in [6.45, 7) is 1.82. The van der Waals surface area contributed by atoms with Crippen molar-refractivity contribution in [2.75, 3.05) is 0 Å². The topological polar surface area (TPSA) is 32.3 Å². The van der Waals surface area contributed by atoms with Gasteiger partial charge < -0.3 is 5.11 Å². The molecule has 2 heteroatoms. The predicted octanol–water partition coefficient (Wildman–Crippen LogP) is 3.20. The number of aliphatic hydroxyl groups is 1. The monoisotopic (exact) mass is 213 g/mol. The Bertz CT molecular complexity index is 135. The van der Waals surface area contributed by atoms with Crippen LogP contribution < -0.4 is 5.32 Å². The van der Waals surface area contributed by atoms with Crippen LogP contribution in [0, 0.1) is 0 Å². The average molecular weight is 213 g/mol. The van der Waals surface area contributed by atoms with E-state index in [1.54, 1.807) is 0 Å². The van der Waals surface area contributed by atoms with Gasteiger partial charge in [0.1, 0.15) is 6.23 Å². The van der Waals surface area contributed by atoms with Gasteiger partial charge in [0.25, 0.3) is 0 Å². The molecular formula is C13H27NO. The van der Waals surface area contributed by atoms with E-state index in [9.17, 15) is 5.11 Å². The maximum atomic E-state index is 9.34. The summed E-state index contributed by atoms with van der Waals surface area (Å²) in [6.07, 6.45) is 13.2. The van der Waals surface area contributed by atoms with Crippen molar-refractivity contribution in [3.63, 3.8) is 0 Å². The Morgan fingerprint density at radius 1 is 0.867 bits per heavy atom. The highest BCUT2D eigenvalue weighted by Gasteiger charge is 2.10. The smallest absolute Gasteiger partial charge is 0.102 e. The second-order valence-corrected chi connectivity index (χ2v) is 4.95. The molecule has 0 spiro atoms. The van der Waals surface area contributed by atoms with Crippen LogP contribution in [0.4, 0.5) is 0 Å². The summed E-state index contributed by atoms with van der Waals surface area (Å²) in [5, 5.41) is 12.6. The van der Waals surface area contributed by atoms with Crippen molar-refractivity contribution in [1.29, 1.82) is 0 Å². The number of hydrogen-bond acceptors (Lipinski definition) is 2. The normalized spacial score (nSPS) is 24.4. The average Bonchev–Trinajstić information content (AvgIpc) is 2.23. The number of aliphatic hydroxyl groups excluding tert-OH is 1. The summed E-state index contributed by atoms with van der Waals surface area (Å²) in [4.78, 5) is 0. The zero-order valence-corrected chi connectivity index (χ0v) is 10.2. The molecule has 0 aromatic heterocycles. The third-order valence-electron chi connectivity index (χ3n) is 3.33. The van der Waals surface area contributed by atoms with Gasteiger partial charge in [-0.3, -0.25) is 5.32 Å². The second-order valence-electron chi connectivity index (χ2n) is 4.95. The Morgan fingerprint density at radius 3 is 1.67 bits per heavy atom. The minimum Gasteiger partial charge on any atom is -0.379 e. The highest BCUT2D eigenvalue weighted by atomic mass is 16.3. The third-order valence-corrected chi connectivity index (χ3v) is 3.33. The molecular weight excluding hydrogens is 186 g/mol. The van der Waals surface area contributed by atoms with E-state index in [0.717, 1.165) is 0 Å². The van der Waals surface area contributed by atoms with Crippen molar-refractivity contribution in [1.82, 2.24) is 5.32 Å². The second kappa shape index (κ2) is 8.12. The minimum atomic E-state index is -0.347. The molecule has 0 heterocycles. The number of nitrogens with one attached hydrogen (secondary N) is 1. The van der Waals surface area contributed by atoms with Crippen LogP contribution in [-0.2, 0) is 0 Å². The molecule has 0 aromatic rings. The van der Waals surface area contributed by atoms with Crippen LogP contribution in [0.3, 0.4) is 0 Å². The van der Waals surface area contributed by atoms with Crippen LogP contribution in [0.15, 0.2) is 0 Å². The molecule has 1 rings (SSSR count). The van der Waals surface area contributed by atoms with E-state index in [2.05, 4.69) is 5.32 Å². The molecule has 15 heavy (non-hydrogen) atoms. The molecule has 0 radical (unpaired) electrons. The van der Waals surface area contributed by atoms with E-state index >= 15 is 0 Å². The zero-order valence-electron chi connectivity index (χ0n) is 10.2. The quantitative estimate of drug-likeness (QED) is 0.690. The molecule has 1 unspecified atom stereocenters.